The standard InChI is InChI=1S/C15H11N3O5/c19-14(12-2-1-3-13(8-12)18(22)23)17-16-9-10-4-6-11(7-5-10)15(20)21/h1-9H,(H,17,19)(H,20,21)/b16-9+. The first-order chi connectivity index (χ1) is 11.0. The molecule has 2 N–H and O–H groups in total. The first-order valence-electron chi connectivity index (χ1n) is 6.38. The molecule has 23 heavy (non-hydrogen) atoms. The highest BCUT2D eigenvalue weighted by molar-refractivity contribution is 5.95. The molecule has 0 radical (unpaired) electrons. The van der Waals surface area contributed by atoms with Gasteiger partial charge in [-0.25, -0.2) is 10.2 Å². The lowest BCUT2D eigenvalue weighted by atomic mass is 10.1. The van der Waals surface area contributed by atoms with Crippen molar-refractivity contribution in [1.29, 1.82) is 0 Å². The number of aromatic carboxylic acids is 1. The number of hydrogen-bond donors (Lipinski definition) is 2. The number of benzene rings is 2. The van der Waals surface area contributed by atoms with Gasteiger partial charge >= 0.3 is 5.97 Å². The van der Waals surface area contributed by atoms with Gasteiger partial charge in [-0.15, -0.1) is 0 Å². The highest BCUT2D eigenvalue weighted by atomic mass is 16.6. The Kier molecular flexibility index (Phi) is 4.78. The van der Waals surface area contributed by atoms with Crippen molar-refractivity contribution >= 4 is 23.8 Å². The van der Waals surface area contributed by atoms with Crippen molar-refractivity contribution in [1.82, 2.24) is 5.43 Å². The van der Waals surface area contributed by atoms with E-state index in [0.717, 1.165) is 6.07 Å². The van der Waals surface area contributed by atoms with Crippen molar-refractivity contribution < 1.29 is 19.6 Å². The van der Waals surface area contributed by atoms with Gasteiger partial charge in [0.15, 0.2) is 0 Å². The lowest BCUT2D eigenvalue weighted by molar-refractivity contribution is -0.384. The Morgan fingerprint density at radius 1 is 1.13 bits per heavy atom. The largest absolute Gasteiger partial charge is 0.478 e. The Morgan fingerprint density at radius 3 is 2.43 bits per heavy atom. The molecule has 1 amide bonds. The molecule has 0 bridgehead atoms. The molecule has 0 aliphatic rings. The number of nitro benzene ring substituents is 1. The molecule has 0 saturated heterocycles. The summed E-state index contributed by atoms with van der Waals surface area (Å²) in [4.78, 5) is 32.6. The average Bonchev–Trinajstić information content (AvgIpc) is 2.55. The number of carbonyl (C=O) groups excluding carboxylic acids is 1. The van der Waals surface area contributed by atoms with E-state index in [9.17, 15) is 19.7 Å². The molecule has 0 unspecified atom stereocenters. The molecule has 0 fully saturated rings. The maximum Gasteiger partial charge on any atom is 0.335 e. The van der Waals surface area contributed by atoms with Crippen LogP contribution in [0, 0.1) is 10.1 Å². The summed E-state index contributed by atoms with van der Waals surface area (Å²) in [5.74, 6) is -1.63. The molecule has 2 rings (SSSR count). The maximum atomic E-state index is 11.8. The van der Waals surface area contributed by atoms with Crippen molar-refractivity contribution in [3.8, 4) is 0 Å². The van der Waals surface area contributed by atoms with E-state index >= 15 is 0 Å². The summed E-state index contributed by atoms with van der Waals surface area (Å²) in [5, 5.41) is 23.2. The number of amides is 1. The van der Waals surface area contributed by atoms with E-state index in [-0.39, 0.29) is 16.8 Å². The van der Waals surface area contributed by atoms with E-state index < -0.39 is 16.8 Å². The van der Waals surface area contributed by atoms with Crippen molar-refractivity contribution in [3.05, 3.63) is 75.3 Å². The minimum Gasteiger partial charge on any atom is -0.478 e. The summed E-state index contributed by atoms with van der Waals surface area (Å²) >= 11 is 0. The van der Waals surface area contributed by atoms with E-state index in [1.54, 1.807) is 0 Å². The molecule has 8 nitrogen and oxygen atoms in total. The minimum atomic E-state index is -1.03. The molecule has 0 aliphatic carbocycles. The third-order valence-corrected chi connectivity index (χ3v) is 2.86. The summed E-state index contributed by atoms with van der Waals surface area (Å²) in [6, 6.07) is 11.1. The Labute approximate surface area is 130 Å². The molecule has 0 saturated carbocycles. The van der Waals surface area contributed by atoms with Gasteiger partial charge in [0.05, 0.1) is 16.7 Å². The highest BCUT2D eigenvalue weighted by Crippen LogP contribution is 2.12. The zero-order chi connectivity index (χ0) is 16.8. The SMILES string of the molecule is O=C(O)c1ccc(/C=N/NC(=O)c2cccc([N+](=O)[O-])c2)cc1. The van der Waals surface area contributed by atoms with Crippen molar-refractivity contribution in [2.45, 2.75) is 0 Å². The van der Waals surface area contributed by atoms with Crippen LogP contribution in [0.2, 0.25) is 0 Å². The van der Waals surface area contributed by atoms with Crippen LogP contribution >= 0.6 is 0 Å². The number of rotatable bonds is 5. The summed E-state index contributed by atoms with van der Waals surface area (Å²) in [6.45, 7) is 0. The van der Waals surface area contributed by atoms with Crippen LogP contribution in [-0.4, -0.2) is 28.1 Å². The van der Waals surface area contributed by atoms with Gasteiger partial charge in [-0.2, -0.15) is 5.10 Å². The third kappa shape index (κ3) is 4.21. The second-order valence-corrected chi connectivity index (χ2v) is 4.43. The molecule has 116 valence electrons. The van der Waals surface area contributed by atoms with Crippen molar-refractivity contribution in [2.24, 2.45) is 5.10 Å². The Balaban J connectivity index is 2.02. The summed E-state index contributed by atoms with van der Waals surface area (Å²) in [5.41, 5.74) is 2.90. The fourth-order valence-electron chi connectivity index (χ4n) is 1.70. The van der Waals surface area contributed by atoms with Gasteiger partial charge in [0.25, 0.3) is 11.6 Å². The lowest BCUT2D eigenvalue weighted by Gasteiger charge is -2.00. The van der Waals surface area contributed by atoms with Gasteiger partial charge in [-0.1, -0.05) is 18.2 Å². The normalized spacial score (nSPS) is 10.4. The van der Waals surface area contributed by atoms with E-state index in [4.69, 9.17) is 5.11 Å². The van der Waals surface area contributed by atoms with Gasteiger partial charge in [0.1, 0.15) is 0 Å². The molecular formula is C15H11N3O5. The summed E-state index contributed by atoms with van der Waals surface area (Å²) in [6.07, 6.45) is 1.33. The Hall–Kier alpha value is -3.55. The number of nitro groups is 1. The molecule has 0 heterocycles. The number of hydrogen-bond acceptors (Lipinski definition) is 5. The van der Waals surface area contributed by atoms with Crippen LogP contribution in [0.25, 0.3) is 0 Å². The molecule has 0 aromatic heterocycles. The predicted molar refractivity (Wildman–Crippen MR) is 81.6 cm³/mol. The van der Waals surface area contributed by atoms with E-state index in [1.807, 2.05) is 0 Å². The first-order valence-corrected chi connectivity index (χ1v) is 6.38. The Morgan fingerprint density at radius 2 is 1.83 bits per heavy atom. The fraction of sp³-hybridized carbons (Fsp3) is 0. The fourth-order valence-corrected chi connectivity index (χ4v) is 1.70. The topological polar surface area (TPSA) is 122 Å². The van der Waals surface area contributed by atoms with Gasteiger partial charge in [0, 0.05) is 17.7 Å². The zero-order valence-corrected chi connectivity index (χ0v) is 11.7. The van der Waals surface area contributed by atoms with Crippen molar-refractivity contribution in [3.63, 3.8) is 0 Å². The maximum absolute atomic E-state index is 11.8. The second-order valence-electron chi connectivity index (χ2n) is 4.43. The van der Waals surface area contributed by atoms with Crippen LogP contribution in [0.1, 0.15) is 26.3 Å². The average molecular weight is 313 g/mol. The molecule has 2 aromatic rings. The highest BCUT2D eigenvalue weighted by Gasteiger charge is 2.10. The van der Waals surface area contributed by atoms with Gasteiger partial charge in [0.2, 0.25) is 0 Å². The molecule has 2 aromatic carbocycles. The van der Waals surface area contributed by atoms with Crippen LogP contribution in [0.5, 0.6) is 0 Å². The van der Waals surface area contributed by atoms with E-state index in [0.29, 0.717) is 5.56 Å². The number of nitrogens with one attached hydrogen (secondary N) is 1. The van der Waals surface area contributed by atoms with Crippen LogP contribution in [0.3, 0.4) is 0 Å². The Bertz CT molecular complexity index is 784. The van der Waals surface area contributed by atoms with E-state index in [2.05, 4.69) is 10.5 Å². The number of carboxylic acid groups (broad SMARTS) is 1. The molecule has 8 heteroatoms. The lowest BCUT2D eigenvalue weighted by Crippen LogP contribution is -2.17. The van der Waals surface area contributed by atoms with Crippen LogP contribution in [0.4, 0.5) is 5.69 Å². The van der Waals surface area contributed by atoms with Crippen LogP contribution in [0.15, 0.2) is 53.6 Å². The zero-order valence-electron chi connectivity index (χ0n) is 11.7. The number of hydrazone groups is 1. The third-order valence-electron chi connectivity index (χ3n) is 2.86. The van der Waals surface area contributed by atoms with Gasteiger partial charge in [-0.05, 0) is 23.8 Å². The monoisotopic (exact) mass is 313 g/mol. The number of carboxylic acids is 1. The molecule has 0 atom stereocenters. The minimum absolute atomic E-state index is 0.109. The first kappa shape index (κ1) is 15.8. The summed E-state index contributed by atoms with van der Waals surface area (Å²) < 4.78 is 0. The smallest absolute Gasteiger partial charge is 0.335 e. The van der Waals surface area contributed by atoms with Crippen LogP contribution in [-0.2, 0) is 0 Å². The number of carbonyl (C=O) groups is 2. The van der Waals surface area contributed by atoms with Crippen LogP contribution < -0.4 is 5.43 Å². The number of non-ortho nitro benzene ring substituents is 1. The van der Waals surface area contributed by atoms with E-state index in [1.165, 1.54) is 48.7 Å². The summed E-state index contributed by atoms with van der Waals surface area (Å²) in [7, 11) is 0. The van der Waals surface area contributed by atoms with Crippen molar-refractivity contribution in [2.75, 3.05) is 0 Å². The quantitative estimate of drug-likeness (QED) is 0.497. The van der Waals surface area contributed by atoms with Gasteiger partial charge < -0.3 is 5.11 Å². The molecular weight excluding hydrogens is 302 g/mol. The molecule has 0 spiro atoms. The predicted octanol–water partition coefficient (Wildman–Crippen LogP) is 2.06. The number of nitrogens with zero attached hydrogens (tertiary/aromatic N) is 2. The molecule has 0 aliphatic heterocycles. The second kappa shape index (κ2) is 6.94. The van der Waals surface area contributed by atoms with Gasteiger partial charge in [-0.3, -0.25) is 14.9 Å².